The Balaban J connectivity index is 1.51. The maximum atomic E-state index is 12.9. The summed E-state index contributed by atoms with van der Waals surface area (Å²) in [6.07, 6.45) is 0. The van der Waals surface area contributed by atoms with Crippen LogP contribution in [-0.2, 0) is 26.8 Å². The van der Waals surface area contributed by atoms with Gasteiger partial charge in [-0.3, -0.25) is 9.10 Å². The first-order chi connectivity index (χ1) is 13.2. The molecule has 9 heteroatoms. The summed E-state index contributed by atoms with van der Waals surface area (Å²) in [5.74, 6) is 0.365. The van der Waals surface area contributed by atoms with Crippen LogP contribution in [0.5, 0.6) is 0 Å². The average Bonchev–Trinajstić information content (AvgIpc) is 3.19. The standard InChI is InChI=1S/C19H20N4O4S/c1-19(2,3)18-21-15(22-27-18)10-20-16(24)11-23-13-8-4-6-12-7-5-9-14(17(12)13)28(23,25)26/h4-9H,10-11H2,1-3H3,(H,20,24). The predicted octanol–water partition coefficient (Wildman–Crippen LogP) is 2.35. The van der Waals surface area contributed by atoms with E-state index >= 15 is 0 Å². The van der Waals surface area contributed by atoms with Crippen molar-refractivity contribution >= 4 is 32.4 Å². The minimum atomic E-state index is -3.77. The van der Waals surface area contributed by atoms with Gasteiger partial charge in [0.1, 0.15) is 6.54 Å². The first-order valence-electron chi connectivity index (χ1n) is 8.82. The van der Waals surface area contributed by atoms with Gasteiger partial charge in [-0.2, -0.15) is 4.98 Å². The van der Waals surface area contributed by atoms with E-state index < -0.39 is 15.9 Å². The van der Waals surface area contributed by atoms with E-state index in [1.165, 1.54) is 0 Å². The minimum absolute atomic E-state index is 0.0590. The number of hydrogen-bond donors (Lipinski definition) is 1. The molecule has 0 fully saturated rings. The fourth-order valence-electron chi connectivity index (χ4n) is 3.12. The molecule has 1 amide bonds. The molecule has 0 radical (unpaired) electrons. The van der Waals surface area contributed by atoms with Gasteiger partial charge in [0.2, 0.25) is 11.8 Å². The number of amides is 1. The van der Waals surface area contributed by atoms with Crippen molar-refractivity contribution in [1.82, 2.24) is 15.5 Å². The van der Waals surface area contributed by atoms with Gasteiger partial charge in [0.15, 0.2) is 5.82 Å². The van der Waals surface area contributed by atoms with Crippen LogP contribution in [0.3, 0.4) is 0 Å². The molecule has 0 unspecified atom stereocenters. The number of benzene rings is 2. The van der Waals surface area contributed by atoms with E-state index in [0.29, 0.717) is 22.8 Å². The number of anilines is 1. The van der Waals surface area contributed by atoms with Gasteiger partial charge in [0.05, 0.1) is 17.1 Å². The molecule has 0 saturated carbocycles. The predicted molar refractivity (Wildman–Crippen MR) is 103 cm³/mol. The van der Waals surface area contributed by atoms with Crippen molar-refractivity contribution in [2.45, 2.75) is 37.6 Å². The van der Waals surface area contributed by atoms with Crippen LogP contribution in [-0.4, -0.2) is 31.0 Å². The molecule has 0 aliphatic carbocycles. The molecule has 8 nitrogen and oxygen atoms in total. The van der Waals surface area contributed by atoms with Crippen molar-refractivity contribution in [2.75, 3.05) is 10.8 Å². The molecule has 1 N–H and O–H groups in total. The number of carbonyl (C=O) groups is 1. The summed E-state index contributed by atoms with van der Waals surface area (Å²) in [5.41, 5.74) is 0.224. The molecule has 146 valence electrons. The highest BCUT2D eigenvalue weighted by molar-refractivity contribution is 7.93. The Hall–Kier alpha value is -2.94. The summed E-state index contributed by atoms with van der Waals surface area (Å²) >= 11 is 0. The van der Waals surface area contributed by atoms with Crippen molar-refractivity contribution in [3.63, 3.8) is 0 Å². The summed E-state index contributed by atoms with van der Waals surface area (Å²) < 4.78 is 32.1. The lowest BCUT2D eigenvalue weighted by molar-refractivity contribution is -0.119. The van der Waals surface area contributed by atoms with Gasteiger partial charge >= 0.3 is 0 Å². The number of carbonyl (C=O) groups excluding carboxylic acids is 1. The highest BCUT2D eigenvalue weighted by atomic mass is 32.2. The quantitative estimate of drug-likeness (QED) is 0.721. The largest absolute Gasteiger partial charge is 0.347 e. The number of nitrogens with one attached hydrogen (secondary N) is 1. The van der Waals surface area contributed by atoms with Crippen LogP contribution in [0.15, 0.2) is 45.8 Å². The summed E-state index contributed by atoms with van der Waals surface area (Å²) in [6, 6.07) is 10.5. The molecule has 2 aromatic carbocycles. The molecule has 2 heterocycles. The Bertz CT molecular complexity index is 1170. The van der Waals surface area contributed by atoms with Crippen LogP contribution in [0, 0.1) is 0 Å². The van der Waals surface area contributed by atoms with Gasteiger partial charge in [-0.05, 0) is 17.5 Å². The zero-order valence-corrected chi connectivity index (χ0v) is 16.6. The molecule has 1 aliphatic rings. The minimum Gasteiger partial charge on any atom is -0.347 e. The van der Waals surface area contributed by atoms with Gasteiger partial charge in [0, 0.05) is 10.8 Å². The summed E-state index contributed by atoms with van der Waals surface area (Å²) in [5, 5.41) is 7.97. The lowest BCUT2D eigenvalue weighted by Gasteiger charge is -2.18. The fraction of sp³-hybridized carbons (Fsp3) is 0.316. The smallest absolute Gasteiger partial charge is 0.265 e. The Kier molecular flexibility index (Phi) is 4.15. The van der Waals surface area contributed by atoms with Crippen molar-refractivity contribution in [3.05, 3.63) is 48.1 Å². The van der Waals surface area contributed by atoms with Gasteiger partial charge < -0.3 is 9.84 Å². The van der Waals surface area contributed by atoms with E-state index in [0.717, 1.165) is 9.69 Å². The monoisotopic (exact) mass is 400 g/mol. The molecular weight excluding hydrogens is 380 g/mol. The molecule has 0 spiro atoms. The normalized spacial score (nSPS) is 15.2. The third-order valence-electron chi connectivity index (χ3n) is 4.52. The third-order valence-corrected chi connectivity index (χ3v) is 6.32. The highest BCUT2D eigenvalue weighted by Gasteiger charge is 2.36. The maximum Gasteiger partial charge on any atom is 0.265 e. The van der Waals surface area contributed by atoms with Gasteiger partial charge in [-0.1, -0.05) is 50.2 Å². The van der Waals surface area contributed by atoms with Crippen LogP contribution in [0.4, 0.5) is 5.69 Å². The Morgan fingerprint density at radius 1 is 1.18 bits per heavy atom. The van der Waals surface area contributed by atoms with Gasteiger partial charge in [-0.25, -0.2) is 8.42 Å². The van der Waals surface area contributed by atoms with E-state index in [9.17, 15) is 13.2 Å². The molecule has 0 saturated heterocycles. The molecule has 1 aromatic heterocycles. The molecule has 0 atom stereocenters. The SMILES string of the molecule is CC(C)(C)c1nc(CNC(=O)CN2c3cccc4cccc(c34)S2(=O)=O)no1. The van der Waals surface area contributed by atoms with Crippen LogP contribution < -0.4 is 9.62 Å². The highest BCUT2D eigenvalue weighted by Crippen LogP contribution is 2.41. The molecule has 4 rings (SSSR count). The lowest BCUT2D eigenvalue weighted by Crippen LogP contribution is -2.38. The first kappa shape index (κ1) is 18.4. The van der Waals surface area contributed by atoms with Crippen LogP contribution >= 0.6 is 0 Å². The van der Waals surface area contributed by atoms with Gasteiger partial charge in [0.25, 0.3) is 10.0 Å². The lowest BCUT2D eigenvalue weighted by atomic mass is 9.97. The first-order valence-corrected chi connectivity index (χ1v) is 10.3. The molecule has 28 heavy (non-hydrogen) atoms. The van der Waals surface area contributed by atoms with Crippen molar-refractivity contribution in [1.29, 1.82) is 0 Å². The summed E-state index contributed by atoms with van der Waals surface area (Å²) in [4.78, 5) is 16.9. The fourth-order valence-corrected chi connectivity index (χ4v) is 4.79. The molecular formula is C19H20N4O4S. The van der Waals surface area contributed by atoms with Crippen molar-refractivity contribution < 1.29 is 17.7 Å². The zero-order chi connectivity index (χ0) is 20.1. The van der Waals surface area contributed by atoms with Crippen LogP contribution in [0.1, 0.15) is 32.5 Å². The Labute approximate surface area is 162 Å². The third kappa shape index (κ3) is 3.01. The second-order valence-corrected chi connectivity index (χ2v) is 9.52. The van der Waals surface area contributed by atoms with E-state index in [1.807, 2.05) is 32.9 Å². The van der Waals surface area contributed by atoms with E-state index in [2.05, 4.69) is 15.5 Å². The van der Waals surface area contributed by atoms with E-state index in [1.54, 1.807) is 24.3 Å². The summed E-state index contributed by atoms with van der Waals surface area (Å²) in [7, 11) is -3.77. The number of sulfonamides is 1. The second kappa shape index (κ2) is 6.30. The van der Waals surface area contributed by atoms with Gasteiger partial charge in [-0.15, -0.1) is 0 Å². The van der Waals surface area contributed by atoms with Crippen LogP contribution in [0.2, 0.25) is 0 Å². The van der Waals surface area contributed by atoms with Crippen LogP contribution in [0.25, 0.3) is 10.8 Å². The average molecular weight is 400 g/mol. The zero-order valence-electron chi connectivity index (χ0n) is 15.8. The Morgan fingerprint density at radius 3 is 2.57 bits per heavy atom. The second-order valence-electron chi connectivity index (χ2n) is 7.69. The maximum absolute atomic E-state index is 12.9. The number of hydrogen-bond acceptors (Lipinski definition) is 6. The number of rotatable bonds is 4. The summed E-state index contributed by atoms with van der Waals surface area (Å²) in [6.45, 7) is 5.57. The Morgan fingerprint density at radius 2 is 1.89 bits per heavy atom. The molecule has 1 aliphatic heterocycles. The van der Waals surface area contributed by atoms with E-state index in [4.69, 9.17) is 4.52 Å². The topological polar surface area (TPSA) is 105 Å². The van der Waals surface area contributed by atoms with Crippen molar-refractivity contribution in [3.8, 4) is 0 Å². The molecule has 0 bridgehead atoms. The number of aromatic nitrogens is 2. The van der Waals surface area contributed by atoms with Crippen molar-refractivity contribution in [2.24, 2.45) is 0 Å². The molecule has 3 aromatic rings. The number of nitrogens with zero attached hydrogens (tertiary/aromatic N) is 3. The van der Waals surface area contributed by atoms with E-state index in [-0.39, 0.29) is 23.4 Å².